The second-order valence-electron chi connectivity index (χ2n) is 6.94. The normalized spacial score (nSPS) is 18.5. The number of benzene rings is 2. The molecule has 150 valence electrons. The summed E-state index contributed by atoms with van der Waals surface area (Å²) in [5.41, 5.74) is 1.65. The van der Waals surface area contributed by atoms with E-state index in [0.29, 0.717) is 17.1 Å². The molecule has 0 saturated carbocycles. The maximum atomic E-state index is 12.9. The number of sulfonamides is 1. The molecular formula is C20H24N2O5S. The first-order chi connectivity index (χ1) is 13.2. The van der Waals surface area contributed by atoms with E-state index in [0.717, 1.165) is 9.87 Å². The molecule has 1 aliphatic heterocycles. The van der Waals surface area contributed by atoms with Gasteiger partial charge in [-0.1, -0.05) is 19.1 Å². The Morgan fingerprint density at radius 1 is 1.18 bits per heavy atom. The third kappa shape index (κ3) is 3.45. The van der Waals surface area contributed by atoms with Gasteiger partial charge in [0.2, 0.25) is 10.0 Å². The van der Waals surface area contributed by atoms with Crippen LogP contribution >= 0.6 is 0 Å². The van der Waals surface area contributed by atoms with Crippen LogP contribution in [-0.4, -0.2) is 45.9 Å². The van der Waals surface area contributed by atoms with Gasteiger partial charge >= 0.3 is 0 Å². The van der Waals surface area contributed by atoms with Crippen molar-refractivity contribution in [3.8, 4) is 11.5 Å². The fourth-order valence-corrected chi connectivity index (χ4v) is 4.04. The van der Waals surface area contributed by atoms with Crippen molar-refractivity contribution >= 4 is 21.6 Å². The number of ether oxygens (including phenoxy) is 2. The van der Waals surface area contributed by atoms with Crippen LogP contribution in [0.2, 0.25) is 0 Å². The van der Waals surface area contributed by atoms with Gasteiger partial charge in [0.1, 0.15) is 17.6 Å². The van der Waals surface area contributed by atoms with Gasteiger partial charge in [-0.05, 0) is 31.2 Å². The molecule has 8 heteroatoms. The van der Waals surface area contributed by atoms with Crippen molar-refractivity contribution in [1.29, 1.82) is 0 Å². The highest BCUT2D eigenvalue weighted by molar-refractivity contribution is 7.89. The monoisotopic (exact) mass is 404 g/mol. The topological polar surface area (TPSA) is 84.9 Å². The second-order valence-corrected chi connectivity index (χ2v) is 9.09. The van der Waals surface area contributed by atoms with Gasteiger partial charge < -0.3 is 14.8 Å². The van der Waals surface area contributed by atoms with Crippen molar-refractivity contribution in [1.82, 2.24) is 4.31 Å². The van der Waals surface area contributed by atoms with Crippen molar-refractivity contribution < 1.29 is 22.7 Å². The van der Waals surface area contributed by atoms with E-state index in [4.69, 9.17) is 9.47 Å². The number of carbonyl (C=O) groups is 1. The summed E-state index contributed by atoms with van der Waals surface area (Å²) in [6.45, 7) is 4.02. The molecule has 0 fully saturated rings. The Hall–Kier alpha value is -2.58. The summed E-state index contributed by atoms with van der Waals surface area (Å²) in [4.78, 5) is 13.0. The zero-order valence-electron chi connectivity index (χ0n) is 16.5. The maximum Gasteiger partial charge on any atom is 0.259 e. The highest BCUT2D eigenvalue weighted by Crippen LogP contribution is 2.40. The van der Waals surface area contributed by atoms with E-state index in [1.165, 1.54) is 39.4 Å². The molecule has 2 aromatic carbocycles. The van der Waals surface area contributed by atoms with E-state index in [-0.39, 0.29) is 22.6 Å². The maximum absolute atomic E-state index is 12.9. The summed E-state index contributed by atoms with van der Waals surface area (Å²) in [5, 5.41) is 2.76. The molecule has 3 rings (SSSR count). The molecule has 0 aliphatic carbocycles. The average Bonchev–Trinajstić information content (AvgIpc) is 2.95. The number of carbonyl (C=O) groups excluding carboxylic acids is 1. The van der Waals surface area contributed by atoms with Crippen LogP contribution in [0, 0.1) is 0 Å². The van der Waals surface area contributed by atoms with E-state index in [1.54, 1.807) is 6.07 Å². The van der Waals surface area contributed by atoms with Gasteiger partial charge in [-0.3, -0.25) is 4.79 Å². The highest BCUT2D eigenvalue weighted by atomic mass is 32.2. The SMILES string of the molecule is COc1ccc(S(=O)(=O)N(C)C)cc1NC(=O)c1cccc2c1OC(C)C2C. The van der Waals surface area contributed by atoms with E-state index in [1.807, 2.05) is 19.1 Å². The molecule has 1 N–H and O–H groups in total. The number of nitrogens with zero attached hydrogens (tertiary/aromatic N) is 1. The lowest BCUT2D eigenvalue weighted by atomic mass is 9.97. The fourth-order valence-electron chi connectivity index (χ4n) is 3.11. The lowest BCUT2D eigenvalue weighted by molar-refractivity contribution is 0.102. The summed E-state index contributed by atoms with van der Waals surface area (Å²) < 4.78 is 37.1. The van der Waals surface area contributed by atoms with Crippen LogP contribution in [-0.2, 0) is 10.0 Å². The van der Waals surface area contributed by atoms with Crippen LogP contribution < -0.4 is 14.8 Å². The Kier molecular flexibility index (Phi) is 5.36. The fraction of sp³-hybridized carbons (Fsp3) is 0.350. The quantitative estimate of drug-likeness (QED) is 0.828. The molecule has 1 heterocycles. The molecule has 0 radical (unpaired) electrons. The second kappa shape index (κ2) is 7.44. The van der Waals surface area contributed by atoms with E-state index in [2.05, 4.69) is 12.2 Å². The number of hydrogen-bond donors (Lipinski definition) is 1. The van der Waals surface area contributed by atoms with Gasteiger partial charge in [0.15, 0.2) is 0 Å². The number of anilines is 1. The van der Waals surface area contributed by atoms with Crippen molar-refractivity contribution in [3.05, 3.63) is 47.5 Å². The molecule has 7 nitrogen and oxygen atoms in total. The van der Waals surface area contributed by atoms with Crippen molar-refractivity contribution in [2.45, 2.75) is 30.8 Å². The first-order valence-electron chi connectivity index (χ1n) is 8.88. The molecule has 1 aliphatic rings. The minimum absolute atomic E-state index is 0.0213. The molecule has 28 heavy (non-hydrogen) atoms. The largest absolute Gasteiger partial charge is 0.495 e. The highest BCUT2D eigenvalue weighted by Gasteiger charge is 2.31. The van der Waals surface area contributed by atoms with Gasteiger partial charge in [0.25, 0.3) is 5.91 Å². The Balaban J connectivity index is 1.98. The average molecular weight is 404 g/mol. The zero-order valence-corrected chi connectivity index (χ0v) is 17.3. The molecule has 2 atom stereocenters. The number of methoxy groups -OCH3 is 1. The number of amides is 1. The molecule has 0 saturated heterocycles. The third-order valence-corrected chi connectivity index (χ3v) is 6.80. The number of hydrogen-bond acceptors (Lipinski definition) is 5. The van der Waals surface area contributed by atoms with Gasteiger partial charge in [0, 0.05) is 25.6 Å². The Labute approximate surface area is 165 Å². The molecule has 1 amide bonds. The van der Waals surface area contributed by atoms with Gasteiger partial charge in [-0.15, -0.1) is 0 Å². The van der Waals surface area contributed by atoms with Gasteiger partial charge in [0.05, 0.1) is 23.3 Å². The molecular weight excluding hydrogens is 380 g/mol. The Bertz CT molecular complexity index is 1020. The molecule has 0 aromatic heterocycles. The summed E-state index contributed by atoms with van der Waals surface area (Å²) in [5.74, 6) is 0.721. The smallest absolute Gasteiger partial charge is 0.259 e. The summed E-state index contributed by atoms with van der Waals surface area (Å²) in [6, 6.07) is 9.80. The first-order valence-corrected chi connectivity index (χ1v) is 10.3. The van der Waals surface area contributed by atoms with Crippen LogP contribution in [0.15, 0.2) is 41.3 Å². The molecule has 2 unspecified atom stereocenters. The number of nitrogens with one attached hydrogen (secondary N) is 1. The minimum atomic E-state index is -3.65. The lowest BCUT2D eigenvalue weighted by Crippen LogP contribution is -2.22. The third-order valence-electron chi connectivity index (χ3n) is 4.99. The Morgan fingerprint density at radius 2 is 1.89 bits per heavy atom. The summed E-state index contributed by atoms with van der Waals surface area (Å²) in [6.07, 6.45) is -0.0213. The van der Waals surface area contributed by atoms with Gasteiger partial charge in [-0.2, -0.15) is 0 Å². The Morgan fingerprint density at radius 3 is 2.54 bits per heavy atom. The van der Waals surface area contributed by atoms with E-state index in [9.17, 15) is 13.2 Å². The van der Waals surface area contributed by atoms with Crippen LogP contribution in [0.3, 0.4) is 0 Å². The predicted octanol–water partition coefficient (Wildman–Crippen LogP) is 3.08. The summed E-state index contributed by atoms with van der Waals surface area (Å²) in [7, 11) is 0.707. The van der Waals surface area contributed by atoms with Crippen molar-refractivity contribution in [2.75, 3.05) is 26.5 Å². The lowest BCUT2D eigenvalue weighted by Gasteiger charge is -2.16. The molecule has 0 bridgehead atoms. The van der Waals surface area contributed by atoms with Crippen LogP contribution in [0.5, 0.6) is 11.5 Å². The molecule has 0 spiro atoms. The standard InChI is InChI=1S/C20H24N2O5S/c1-12-13(2)27-19-15(12)7-6-8-16(19)20(23)21-17-11-14(9-10-18(17)26-5)28(24,25)22(3)4/h6-13H,1-5H3,(H,21,23). The van der Waals surface area contributed by atoms with E-state index >= 15 is 0 Å². The predicted molar refractivity (Wildman–Crippen MR) is 107 cm³/mol. The van der Waals surface area contributed by atoms with Crippen LogP contribution in [0.25, 0.3) is 0 Å². The number of rotatable bonds is 5. The van der Waals surface area contributed by atoms with Gasteiger partial charge in [-0.25, -0.2) is 12.7 Å². The first kappa shape index (κ1) is 20.2. The van der Waals surface area contributed by atoms with Crippen molar-refractivity contribution in [3.63, 3.8) is 0 Å². The van der Waals surface area contributed by atoms with Crippen LogP contribution in [0.4, 0.5) is 5.69 Å². The zero-order chi connectivity index (χ0) is 20.6. The van der Waals surface area contributed by atoms with Crippen molar-refractivity contribution in [2.24, 2.45) is 0 Å². The summed E-state index contributed by atoms with van der Waals surface area (Å²) >= 11 is 0. The molecule has 2 aromatic rings. The number of para-hydroxylation sites is 1. The van der Waals surface area contributed by atoms with E-state index < -0.39 is 15.9 Å². The van der Waals surface area contributed by atoms with Crippen LogP contribution in [0.1, 0.15) is 35.7 Å². The minimum Gasteiger partial charge on any atom is -0.495 e. The number of fused-ring (bicyclic) bond motifs is 1.